The van der Waals surface area contributed by atoms with E-state index >= 15 is 0 Å². The van der Waals surface area contributed by atoms with E-state index < -0.39 is 0 Å². The van der Waals surface area contributed by atoms with E-state index in [4.69, 9.17) is 0 Å². The van der Waals surface area contributed by atoms with E-state index in [0.29, 0.717) is 0 Å². The van der Waals surface area contributed by atoms with Crippen LogP contribution in [-0.4, -0.2) is 45.3 Å². The second-order valence-corrected chi connectivity index (χ2v) is 6.77. The van der Waals surface area contributed by atoms with Gasteiger partial charge in [-0.1, -0.05) is 6.92 Å². The van der Waals surface area contributed by atoms with Crippen LogP contribution in [0.5, 0.6) is 0 Å². The number of nitrogens with one attached hydrogen (secondary N) is 2. The topological polar surface area (TPSA) is 80.0 Å². The summed E-state index contributed by atoms with van der Waals surface area (Å²) in [4.78, 5) is 10.5. The zero-order chi connectivity index (χ0) is 17.4. The summed E-state index contributed by atoms with van der Waals surface area (Å²) in [6, 6.07) is 0. The Morgan fingerprint density at radius 3 is 2.72 bits per heavy atom. The maximum absolute atomic E-state index is 4.63. The van der Waals surface area contributed by atoms with Crippen LogP contribution in [0.2, 0.25) is 0 Å². The lowest BCUT2D eigenvalue weighted by atomic mass is 10.4. The second kappa shape index (κ2) is 11.4. The number of rotatable bonds is 8. The number of hydrogen-bond donors (Lipinski definition) is 2. The van der Waals surface area contributed by atoms with Gasteiger partial charge in [0.1, 0.15) is 12.2 Å². The number of thiazole rings is 1. The smallest absolute Gasteiger partial charge is 0.191 e. The number of aromatic nitrogens is 4. The second-order valence-electron chi connectivity index (χ2n) is 5.48. The Bertz CT molecular complexity index is 646. The van der Waals surface area contributed by atoms with Gasteiger partial charge in [-0.2, -0.15) is 0 Å². The maximum Gasteiger partial charge on any atom is 0.191 e. The number of halogens is 1. The van der Waals surface area contributed by atoms with Crippen molar-refractivity contribution in [3.63, 3.8) is 0 Å². The van der Waals surface area contributed by atoms with Crippen molar-refractivity contribution >= 4 is 41.3 Å². The van der Waals surface area contributed by atoms with Gasteiger partial charge in [0.25, 0.3) is 0 Å². The van der Waals surface area contributed by atoms with Gasteiger partial charge in [-0.15, -0.1) is 45.5 Å². The van der Waals surface area contributed by atoms with Gasteiger partial charge < -0.3 is 15.2 Å². The summed E-state index contributed by atoms with van der Waals surface area (Å²) < 4.78 is 2.07. The quantitative estimate of drug-likeness (QED) is 0.347. The molecule has 0 bridgehead atoms. The van der Waals surface area contributed by atoms with E-state index in [1.165, 1.54) is 4.88 Å². The Morgan fingerprint density at radius 2 is 2.08 bits per heavy atom. The highest BCUT2D eigenvalue weighted by atomic mass is 127. The lowest BCUT2D eigenvalue weighted by Crippen LogP contribution is -2.39. The number of aryl methyl sites for hydroxylation is 3. The van der Waals surface area contributed by atoms with E-state index in [0.717, 1.165) is 61.5 Å². The van der Waals surface area contributed by atoms with Gasteiger partial charge in [-0.05, 0) is 20.8 Å². The third-order valence-corrected chi connectivity index (χ3v) is 4.80. The summed E-state index contributed by atoms with van der Waals surface area (Å²) >= 11 is 1.76. The lowest BCUT2D eigenvalue weighted by Gasteiger charge is -2.12. The number of hydrogen-bond acceptors (Lipinski definition) is 5. The van der Waals surface area contributed by atoms with Crippen molar-refractivity contribution in [1.29, 1.82) is 0 Å². The molecule has 0 atom stereocenters. The van der Waals surface area contributed by atoms with E-state index in [2.05, 4.69) is 63.1 Å². The fourth-order valence-corrected chi connectivity index (χ4v) is 3.21. The summed E-state index contributed by atoms with van der Waals surface area (Å²) in [5.74, 6) is 1.85. The van der Waals surface area contributed by atoms with Crippen molar-refractivity contribution in [1.82, 2.24) is 30.4 Å². The molecular formula is C16H28IN7S. The van der Waals surface area contributed by atoms with Crippen molar-refractivity contribution in [2.24, 2.45) is 4.99 Å². The summed E-state index contributed by atoms with van der Waals surface area (Å²) in [5, 5.41) is 15.8. The highest BCUT2D eigenvalue weighted by Crippen LogP contribution is 2.16. The Balaban J connectivity index is 0.00000312. The summed E-state index contributed by atoms with van der Waals surface area (Å²) in [5.41, 5.74) is 1.13. The summed E-state index contributed by atoms with van der Waals surface area (Å²) in [6.45, 7) is 11.5. The molecule has 0 aliphatic carbocycles. The third kappa shape index (κ3) is 6.89. The molecule has 9 heteroatoms. The molecule has 2 aromatic heterocycles. The Labute approximate surface area is 170 Å². The molecule has 0 amide bonds. The molecular weight excluding hydrogens is 449 g/mol. The molecule has 2 N–H and O–H groups in total. The molecule has 2 aromatic rings. The Kier molecular flexibility index (Phi) is 9.94. The normalized spacial score (nSPS) is 11.3. The van der Waals surface area contributed by atoms with Crippen LogP contribution in [0.1, 0.15) is 35.3 Å². The minimum absolute atomic E-state index is 0. The number of nitrogens with zero attached hydrogens (tertiary/aromatic N) is 5. The first-order chi connectivity index (χ1) is 11.6. The van der Waals surface area contributed by atoms with Gasteiger partial charge in [0.2, 0.25) is 0 Å². The van der Waals surface area contributed by atoms with E-state index in [1.807, 2.05) is 0 Å². The first kappa shape index (κ1) is 21.8. The fraction of sp³-hybridized carbons (Fsp3) is 0.625. The highest BCUT2D eigenvalue weighted by Gasteiger charge is 2.04. The molecule has 0 aliphatic heterocycles. The molecule has 0 unspecified atom stereocenters. The molecule has 0 fully saturated rings. The van der Waals surface area contributed by atoms with E-state index in [-0.39, 0.29) is 24.0 Å². The maximum atomic E-state index is 4.63. The molecule has 0 saturated heterocycles. The van der Waals surface area contributed by atoms with E-state index in [1.54, 1.807) is 17.7 Å². The van der Waals surface area contributed by atoms with Crippen LogP contribution >= 0.6 is 35.3 Å². The molecule has 2 heterocycles. The average molecular weight is 477 g/mol. The van der Waals surface area contributed by atoms with Crippen molar-refractivity contribution in [2.45, 2.75) is 47.1 Å². The molecule has 0 aromatic carbocycles. The molecule has 25 heavy (non-hydrogen) atoms. The minimum atomic E-state index is 0. The predicted octanol–water partition coefficient (Wildman–Crippen LogP) is 2.33. The van der Waals surface area contributed by atoms with Gasteiger partial charge in [0.15, 0.2) is 5.96 Å². The largest absolute Gasteiger partial charge is 0.357 e. The Hall–Kier alpha value is -1.23. The molecule has 0 saturated carbocycles. The van der Waals surface area contributed by atoms with Crippen LogP contribution in [-0.2, 0) is 19.4 Å². The van der Waals surface area contributed by atoms with Crippen LogP contribution in [0.3, 0.4) is 0 Å². The van der Waals surface area contributed by atoms with Gasteiger partial charge in [-0.3, -0.25) is 4.99 Å². The van der Waals surface area contributed by atoms with Crippen LogP contribution < -0.4 is 10.6 Å². The first-order valence-corrected chi connectivity index (χ1v) is 9.27. The van der Waals surface area contributed by atoms with Gasteiger partial charge >= 0.3 is 0 Å². The highest BCUT2D eigenvalue weighted by molar-refractivity contribution is 14.0. The van der Waals surface area contributed by atoms with Crippen LogP contribution in [0.25, 0.3) is 0 Å². The molecule has 0 radical (unpaired) electrons. The molecule has 7 nitrogen and oxygen atoms in total. The third-order valence-electron chi connectivity index (χ3n) is 3.67. The van der Waals surface area contributed by atoms with Crippen LogP contribution in [0.15, 0.2) is 11.3 Å². The molecule has 0 spiro atoms. The monoisotopic (exact) mass is 477 g/mol. The Morgan fingerprint density at radius 1 is 1.28 bits per heavy atom. The van der Waals surface area contributed by atoms with E-state index in [9.17, 15) is 0 Å². The van der Waals surface area contributed by atoms with Crippen molar-refractivity contribution in [3.05, 3.63) is 27.7 Å². The fourth-order valence-electron chi connectivity index (χ4n) is 2.29. The van der Waals surface area contributed by atoms with Crippen molar-refractivity contribution in [2.75, 3.05) is 19.6 Å². The van der Waals surface area contributed by atoms with Crippen LogP contribution in [0.4, 0.5) is 0 Å². The predicted molar refractivity (Wildman–Crippen MR) is 114 cm³/mol. The standard InChI is InChI=1S/C16H27N7S.HI/c1-5-14-22-20-11-23(14)10-9-19-16(17-6-2)18-8-7-15-21-12(3)13(4)24-15;/h11H,5-10H2,1-4H3,(H2,17,18,19);1H. The SMILES string of the molecule is CCNC(=NCCc1nc(C)c(C)s1)NCCn1cnnc1CC.I. The molecule has 2 rings (SSSR count). The first-order valence-electron chi connectivity index (χ1n) is 8.45. The number of aliphatic imine (C=N–C) groups is 1. The van der Waals surface area contributed by atoms with Crippen molar-refractivity contribution < 1.29 is 0 Å². The van der Waals surface area contributed by atoms with Gasteiger partial charge in [-0.25, -0.2) is 4.98 Å². The van der Waals surface area contributed by atoms with Crippen LogP contribution in [0, 0.1) is 13.8 Å². The van der Waals surface area contributed by atoms with Gasteiger partial charge in [0.05, 0.1) is 10.7 Å². The minimum Gasteiger partial charge on any atom is -0.357 e. The zero-order valence-corrected chi connectivity index (χ0v) is 18.5. The summed E-state index contributed by atoms with van der Waals surface area (Å²) in [6.07, 6.45) is 3.54. The zero-order valence-electron chi connectivity index (χ0n) is 15.4. The van der Waals surface area contributed by atoms with Gasteiger partial charge in [0, 0.05) is 43.9 Å². The number of guanidine groups is 1. The molecule has 140 valence electrons. The lowest BCUT2D eigenvalue weighted by molar-refractivity contribution is 0.632. The summed E-state index contributed by atoms with van der Waals surface area (Å²) in [7, 11) is 0. The van der Waals surface area contributed by atoms with Crippen molar-refractivity contribution in [3.8, 4) is 0 Å². The average Bonchev–Trinajstić information content (AvgIpc) is 3.14. The molecule has 0 aliphatic rings.